The molecule has 0 aliphatic heterocycles. The fourth-order valence-corrected chi connectivity index (χ4v) is 4.81. The van der Waals surface area contributed by atoms with Crippen LogP contribution in [0.4, 0.5) is 5.69 Å². The molecule has 3 aromatic rings. The Morgan fingerprint density at radius 3 is 2.33 bits per heavy atom. The molecule has 2 N–H and O–H groups in total. The molecule has 0 bridgehead atoms. The summed E-state index contributed by atoms with van der Waals surface area (Å²) in [6, 6.07) is 20.9. The van der Waals surface area contributed by atoms with Gasteiger partial charge in [0.05, 0.1) is 10.9 Å². The molecule has 0 radical (unpaired) electrons. The summed E-state index contributed by atoms with van der Waals surface area (Å²) in [7, 11) is -3.66. The number of anilines is 1. The Bertz CT molecular complexity index is 1160. The van der Waals surface area contributed by atoms with Crippen LogP contribution in [0, 0.1) is 0 Å². The van der Waals surface area contributed by atoms with Crippen LogP contribution < -0.4 is 10.0 Å². The lowest BCUT2D eigenvalue weighted by Gasteiger charge is -2.16. The number of aryl methyl sites for hydroxylation is 2. The van der Waals surface area contributed by atoms with Gasteiger partial charge < -0.3 is 5.32 Å². The smallest absolute Gasteiger partial charge is 0.261 e. The van der Waals surface area contributed by atoms with Crippen molar-refractivity contribution in [3.8, 4) is 0 Å². The lowest BCUT2D eigenvalue weighted by Crippen LogP contribution is -2.26. The van der Waals surface area contributed by atoms with Crippen molar-refractivity contribution in [2.45, 2.75) is 37.1 Å². The fraction of sp³-hybridized carbons (Fsp3) is 0.208. The first kappa shape index (κ1) is 20.2. The van der Waals surface area contributed by atoms with Gasteiger partial charge in [0.15, 0.2) is 0 Å². The van der Waals surface area contributed by atoms with Gasteiger partial charge in [0.1, 0.15) is 0 Å². The van der Waals surface area contributed by atoms with E-state index < -0.39 is 10.0 Å². The highest BCUT2D eigenvalue weighted by Crippen LogP contribution is 2.25. The van der Waals surface area contributed by atoms with E-state index in [0.717, 1.165) is 18.4 Å². The maximum atomic E-state index is 12.6. The van der Waals surface area contributed by atoms with Crippen LogP contribution in [0.25, 0.3) is 0 Å². The van der Waals surface area contributed by atoms with Gasteiger partial charge in [0.2, 0.25) is 0 Å². The molecule has 5 nitrogen and oxygen atoms in total. The van der Waals surface area contributed by atoms with Gasteiger partial charge >= 0.3 is 0 Å². The first-order chi connectivity index (χ1) is 14.4. The molecule has 154 valence electrons. The van der Waals surface area contributed by atoms with Gasteiger partial charge in [-0.2, -0.15) is 0 Å². The molecule has 1 aliphatic carbocycles. The molecular weight excluding hydrogens is 396 g/mol. The number of carbonyl (C=O) groups excluding carboxylic acids is 1. The highest BCUT2D eigenvalue weighted by atomic mass is 32.2. The first-order valence-electron chi connectivity index (χ1n) is 10.0. The second-order valence-corrected chi connectivity index (χ2v) is 9.26. The number of benzene rings is 3. The summed E-state index contributed by atoms with van der Waals surface area (Å²) in [5.74, 6) is -0.194. The third-order valence-electron chi connectivity index (χ3n) is 5.42. The number of hydrogen-bond donors (Lipinski definition) is 2. The predicted octanol–water partition coefficient (Wildman–Crippen LogP) is 4.47. The lowest BCUT2D eigenvalue weighted by atomic mass is 10.0. The summed E-state index contributed by atoms with van der Waals surface area (Å²) in [6.07, 6.45) is 3.43. The average molecular weight is 421 g/mol. The number of rotatable bonds is 6. The van der Waals surface area contributed by atoms with Crippen molar-refractivity contribution in [1.29, 1.82) is 0 Å². The highest BCUT2D eigenvalue weighted by molar-refractivity contribution is 7.92. The van der Waals surface area contributed by atoms with Gasteiger partial charge in [-0.15, -0.1) is 0 Å². The van der Waals surface area contributed by atoms with Gasteiger partial charge in [-0.1, -0.05) is 36.4 Å². The van der Waals surface area contributed by atoms with E-state index in [0.29, 0.717) is 11.3 Å². The molecule has 0 saturated heterocycles. The lowest BCUT2D eigenvalue weighted by molar-refractivity contribution is 0.0940. The minimum Gasteiger partial charge on any atom is -0.346 e. The Morgan fingerprint density at radius 1 is 0.900 bits per heavy atom. The molecular formula is C24H24N2O3S. The second-order valence-electron chi connectivity index (χ2n) is 7.57. The van der Waals surface area contributed by atoms with Crippen molar-refractivity contribution in [2.24, 2.45) is 0 Å². The molecule has 1 aliphatic rings. The summed E-state index contributed by atoms with van der Waals surface area (Å²) in [5, 5.41) is 3.02. The van der Waals surface area contributed by atoms with E-state index in [4.69, 9.17) is 0 Å². The maximum absolute atomic E-state index is 12.6. The van der Waals surface area contributed by atoms with Crippen molar-refractivity contribution >= 4 is 21.6 Å². The molecule has 4 rings (SSSR count). The molecule has 6 heteroatoms. The van der Waals surface area contributed by atoms with Crippen LogP contribution in [0.15, 0.2) is 77.7 Å². The number of hydrogen-bond acceptors (Lipinski definition) is 3. The number of nitrogens with one attached hydrogen (secondary N) is 2. The monoisotopic (exact) mass is 420 g/mol. The average Bonchev–Trinajstić information content (AvgIpc) is 3.22. The van der Waals surface area contributed by atoms with Crippen LogP contribution in [-0.2, 0) is 22.9 Å². The van der Waals surface area contributed by atoms with Gasteiger partial charge in [0, 0.05) is 11.3 Å². The summed E-state index contributed by atoms with van der Waals surface area (Å²) in [4.78, 5) is 12.8. The highest BCUT2D eigenvalue weighted by Gasteiger charge is 2.17. The Labute approximate surface area is 177 Å². The largest absolute Gasteiger partial charge is 0.346 e. The van der Waals surface area contributed by atoms with E-state index in [1.165, 1.54) is 29.7 Å². The first-order valence-corrected chi connectivity index (χ1v) is 11.5. The van der Waals surface area contributed by atoms with E-state index in [1.807, 2.05) is 6.92 Å². The van der Waals surface area contributed by atoms with E-state index in [-0.39, 0.29) is 16.8 Å². The third kappa shape index (κ3) is 4.39. The zero-order valence-corrected chi connectivity index (χ0v) is 17.6. The van der Waals surface area contributed by atoms with Crippen LogP contribution in [0.5, 0.6) is 0 Å². The minimum absolute atomic E-state index is 0.111. The number of amides is 1. The Morgan fingerprint density at radius 2 is 1.60 bits per heavy atom. The van der Waals surface area contributed by atoms with Crippen LogP contribution >= 0.6 is 0 Å². The van der Waals surface area contributed by atoms with Crippen LogP contribution in [0.2, 0.25) is 0 Å². The zero-order valence-electron chi connectivity index (χ0n) is 16.8. The third-order valence-corrected chi connectivity index (χ3v) is 6.82. The van der Waals surface area contributed by atoms with E-state index in [9.17, 15) is 13.2 Å². The van der Waals surface area contributed by atoms with Crippen LogP contribution in [-0.4, -0.2) is 14.3 Å². The Kier molecular flexibility index (Phi) is 5.59. The van der Waals surface area contributed by atoms with Gasteiger partial charge in [0.25, 0.3) is 15.9 Å². The quantitative estimate of drug-likeness (QED) is 0.618. The minimum atomic E-state index is -3.66. The van der Waals surface area contributed by atoms with Crippen LogP contribution in [0.3, 0.4) is 0 Å². The summed E-state index contributed by atoms with van der Waals surface area (Å²) >= 11 is 0. The van der Waals surface area contributed by atoms with Crippen molar-refractivity contribution in [2.75, 3.05) is 4.72 Å². The molecule has 30 heavy (non-hydrogen) atoms. The van der Waals surface area contributed by atoms with E-state index in [2.05, 4.69) is 28.2 Å². The standard InChI is InChI=1S/C24H24N2O3S/c1-17(20-11-10-18-6-5-7-21(18)16-20)25-24(27)19-12-14-22(15-13-19)26-30(28,29)23-8-3-2-4-9-23/h2-4,8-17,26H,5-7H2,1H3,(H,25,27). The molecule has 0 spiro atoms. The van der Waals surface area contributed by atoms with Crippen molar-refractivity contribution in [3.63, 3.8) is 0 Å². The Hall–Kier alpha value is -3.12. The van der Waals surface area contributed by atoms with Crippen molar-refractivity contribution in [1.82, 2.24) is 5.32 Å². The number of sulfonamides is 1. The van der Waals surface area contributed by atoms with Crippen molar-refractivity contribution < 1.29 is 13.2 Å². The molecule has 3 aromatic carbocycles. The predicted molar refractivity (Wildman–Crippen MR) is 118 cm³/mol. The molecule has 1 atom stereocenters. The molecule has 1 amide bonds. The number of carbonyl (C=O) groups is 1. The number of fused-ring (bicyclic) bond motifs is 1. The zero-order chi connectivity index (χ0) is 21.1. The normalized spacial score (nSPS) is 14.0. The second kappa shape index (κ2) is 8.32. The van der Waals surface area contributed by atoms with Gasteiger partial charge in [-0.25, -0.2) is 8.42 Å². The fourth-order valence-electron chi connectivity index (χ4n) is 3.73. The van der Waals surface area contributed by atoms with E-state index in [1.54, 1.807) is 42.5 Å². The SMILES string of the molecule is CC(NC(=O)c1ccc(NS(=O)(=O)c2ccccc2)cc1)c1ccc2c(c1)CCC2. The maximum Gasteiger partial charge on any atom is 0.261 e. The van der Waals surface area contributed by atoms with Crippen molar-refractivity contribution in [3.05, 3.63) is 95.1 Å². The van der Waals surface area contributed by atoms with E-state index >= 15 is 0 Å². The van der Waals surface area contributed by atoms with Crippen LogP contribution in [0.1, 0.15) is 46.4 Å². The summed E-state index contributed by atoms with van der Waals surface area (Å²) in [5.41, 5.74) is 4.76. The molecule has 0 aromatic heterocycles. The summed E-state index contributed by atoms with van der Waals surface area (Å²) in [6.45, 7) is 1.97. The van der Waals surface area contributed by atoms with Gasteiger partial charge in [-0.3, -0.25) is 9.52 Å². The summed E-state index contributed by atoms with van der Waals surface area (Å²) < 4.78 is 27.4. The molecule has 0 heterocycles. The Balaban J connectivity index is 1.42. The molecule has 0 saturated carbocycles. The molecule has 0 fully saturated rings. The topological polar surface area (TPSA) is 75.3 Å². The molecule has 1 unspecified atom stereocenters. The van der Waals surface area contributed by atoms with Gasteiger partial charge in [-0.05, 0) is 79.3 Å².